The molecule has 0 bridgehead atoms. The van der Waals surface area contributed by atoms with Crippen LogP contribution >= 0.6 is 0 Å². The van der Waals surface area contributed by atoms with E-state index in [9.17, 15) is 4.55 Å². The molecule has 0 spiro atoms. The van der Waals surface area contributed by atoms with Crippen LogP contribution in [-0.2, 0) is 23.3 Å². The smallest absolute Gasteiger partial charge is 0.122 e. The Bertz CT molecular complexity index is 316. The average molecular weight is 239 g/mol. The molecular weight excluding hydrogens is 218 g/mol. The summed E-state index contributed by atoms with van der Waals surface area (Å²) in [6.07, 6.45) is 0. The van der Waals surface area contributed by atoms with Crippen LogP contribution in [0.3, 0.4) is 0 Å². The topological polar surface area (TPSA) is 35.1 Å². The van der Waals surface area contributed by atoms with E-state index < -0.39 is 11.4 Å². The summed E-state index contributed by atoms with van der Waals surface area (Å²) in [7, 11) is 0. The lowest BCUT2D eigenvalue weighted by atomic mass is 9.87. The van der Waals surface area contributed by atoms with Crippen molar-refractivity contribution < 1.29 is 4.55 Å². The SMILES string of the molecule is CC[S+]([O-])NCc1ccc(C(C)(C)C)cc1. The molecule has 1 unspecified atom stereocenters. The first kappa shape index (κ1) is 13.6. The van der Waals surface area contributed by atoms with E-state index in [0.29, 0.717) is 12.3 Å². The van der Waals surface area contributed by atoms with Gasteiger partial charge in [0.05, 0.1) is 6.54 Å². The third-order valence-corrected chi connectivity index (χ3v) is 3.51. The summed E-state index contributed by atoms with van der Waals surface area (Å²) in [6, 6.07) is 8.48. The molecule has 1 atom stereocenters. The van der Waals surface area contributed by atoms with Crippen LogP contribution in [0.15, 0.2) is 24.3 Å². The van der Waals surface area contributed by atoms with Crippen molar-refractivity contribution in [2.45, 2.75) is 39.7 Å². The minimum atomic E-state index is -0.900. The van der Waals surface area contributed by atoms with Gasteiger partial charge >= 0.3 is 0 Å². The average Bonchev–Trinajstić information content (AvgIpc) is 2.25. The van der Waals surface area contributed by atoms with E-state index in [-0.39, 0.29) is 5.41 Å². The molecule has 1 aromatic carbocycles. The monoisotopic (exact) mass is 239 g/mol. The maximum atomic E-state index is 11.2. The zero-order valence-corrected chi connectivity index (χ0v) is 11.4. The van der Waals surface area contributed by atoms with Crippen molar-refractivity contribution in [3.8, 4) is 0 Å². The second-order valence-corrected chi connectivity index (χ2v) is 6.46. The highest BCUT2D eigenvalue weighted by molar-refractivity contribution is 7.89. The Morgan fingerprint density at radius 1 is 1.19 bits per heavy atom. The van der Waals surface area contributed by atoms with Gasteiger partial charge in [-0.2, -0.15) is 0 Å². The van der Waals surface area contributed by atoms with Crippen molar-refractivity contribution in [1.82, 2.24) is 4.72 Å². The van der Waals surface area contributed by atoms with Gasteiger partial charge < -0.3 is 4.55 Å². The quantitative estimate of drug-likeness (QED) is 0.820. The van der Waals surface area contributed by atoms with Crippen LogP contribution in [0.5, 0.6) is 0 Å². The van der Waals surface area contributed by atoms with Crippen LogP contribution in [0.1, 0.15) is 38.8 Å². The summed E-state index contributed by atoms with van der Waals surface area (Å²) in [6.45, 7) is 9.18. The lowest BCUT2D eigenvalue weighted by molar-refractivity contribution is 0.580. The Labute approximate surface area is 102 Å². The normalized spacial score (nSPS) is 13.8. The minimum absolute atomic E-state index is 0.193. The van der Waals surface area contributed by atoms with Gasteiger partial charge in [0.25, 0.3) is 0 Å². The summed E-state index contributed by atoms with van der Waals surface area (Å²) in [5.41, 5.74) is 2.70. The van der Waals surface area contributed by atoms with Gasteiger partial charge in [0.2, 0.25) is 0 Å². The van der Waals surface area contributed by atoms with E-state index in [2.05, 4.69) is 49.8 Å². The van der Waals surface area contributed by atoms with Gasteiger partial charge in [-0.25, -0.2) is 0 Å². The van der Waals surface area contributed by atoms with E-state index in [4.69, 9.17) is 0 Å². The fraction of sp³-hybridized carbons (Fsp3) is 0.538. The van der Waals surface area contributed by atoms with E-state index in [0.717, 1.165) is 0 Å². The van der Waals surface area contributed by atoms with Crippen LogP contribution in [0.2, 0.25) is 0 Å². The molecule has 16 heavy (non-hydrogen) atoms. The number of hydrogen-bond donors (Lipinski definition) is 1. The molecule has 0 saturated carbocycles. The number of benzene rings is 1. The first-order chi connectivity index (χ1) is 7.43. The van der Waals surface area contributed by atoms with Crippen molar-refractivity contribution in [3.63, 3.8) is 0 Å². The van der Waals surface area contributed by atoms with Gasteiger partial charge in [-0.3, -0.25) is 0 Å². The summed E-state index contributed by atoms with van der Waals surface area (Å²) in [5.74, 6) is 0.653. The highest BCUT2D eigenvalue weighted by Gasteiger charge is 2.12. The van der Waals surface area contributed by atoms with E-state index in [1.54, 1.807) is 0 Å². The zero-order chi connectivity index (χ0) is 12.2. The molecule has 0 radical (unpaired) electrons. The Balaban J connectivity index is 2.58. The van der Waals surface area contributed by atoms with Crippen molar-refractivity contribution in [2.75, 3.05) is 5.75 Å². The Hall–Kier alpha value is -0.510. The Morgan fingerprint density at radius 2 is 1.75 bits per heavy atom. The lowest BCUT2D eigenvalue weighted by Crippen LogP contribution is -2.24. The highest BCUT2D eigenvalue weighted by Crippen LogP contribution is 2.22. The molecule has 1 N–H and O–H groups in total. The summed E-state index contributed by atoms with van der Waals surface area (Å²) in [5, 5.41) is 0. The maximum absolute atomic E-state index is 11.2. The molecule has 3 heteroatoms. The molecule has 0 fully saturated rings. The van der Waals surface area contributed by atoms with Gasteiger partial charge in [-0.1, -0.05) is 45.0 Å². The van der Waals surface area contributed by atoms with Gasteiger partial charge in [0, 0.05) is 11.4 Å². The molecule has 1 rings (SSSR count). The van der Waals surface area contributed by atoms with Crippen LogP contribution in [0, 0.1) is 0 Å². The van der Waals surface area contributed by atoms with Crippen molar-refractivity contribution in [3.05, 3.63) is 35.4 Å². The highest BCUT2D eigenvalue weighted by atomic mass is 32.2. The molecule has 0 aromatic heterocycles. The second kappa shape index (κ2) is 5.71. The van der Waals surface area contributed by atoms with Crippen molar-refractivity contribution in [1.29, 1.82) is 0 Å². The predicted molar refractivity (Wildman–Crippen MR) is 70.7 cm³/mol. The molecule has 0 aliphatic rings. The Kier molecular flexibility index (Phi) is 4.84. The molecule has 0 heterocycles. The van der Waals surface area contributed by atoms with E-state index >= 15 is 0 Å². The second-order valence-electron chi connectivity index (χ2n) is 4.90. The molecule has 0 aliphatic heterocycles. The van der Waals surface area contributed by atoms with E-state index in [1.165, 1.54) is 11.1 Å². The van der Waals surface area contributed by atoms with Crippen LogP contribution < -0.4 is 4.72 Å². The summed E-state index contributed by atoms with van der Waals surface area (Å²) in [4.78, 5) is 0. The first-order valence-electron chi connectivity index (χ1n) is 5.65. The summed E-state index contributed by atoms with van der Waals surface area (Å²) < 4.78 is 14.2. The first-order valence-corrected chi connectivity index (χ1v) is 6.96. The third kappa shape index (κ3) is 4.16. The molecular formula is C13H21NOS. The maximum Gasteiger partial charge on any atom is 0.122 e. The predicted octanol–water partition coefficient (Wildman–Crippen LogP) is 2.76. The van der Waals surface area contributed by atoms with Crippen LogP contribution in [0.25, 0.3) is 0 Å². The molecule has 0 saturated heterocycles. The Morgan fingerprint density at radius 3 is 2.19 bits per heavy atom. The largest absolute Gasteiger partial charge is 0.598 e. The fourth-order valence-electron chi connectivity index (χ4n) is 1.39. The van der Waals surface area contributed by atoms with Crippen LogP contribution in [-0.4, -0.2) is 10.3 Å². The molecule has 90 valence electrons. The van der Waals surface area contributed by atoms with Gasteiger partial charge in [-0.15, -0.1) is 4.72 Å². The fourth-order valence-corrected chi connectivity index (χ4v) is 1.92. The number of hydrogen-bond acceptors (Lipinski definition) is 2. The van der Waals surface area contributed by atoms with Crippen molar-refractivity contribution >= 4 is 11.4 Å². The van der Waals surface area contributed by atoms with Gasteiger partial charge in [0.15, 0.2) is 0 Å². The molecule has 1 aromatic rings. The van der Waals surface area contributed by atoms with Crippen molar-refractivity contribution in [2.24, 2.45) is 0 Å². The molecule has 0 aliphatic carbocycles. The number of rotatable bonds is 4. The molecule has 0 amide bonds. The minimum Gasteiger partial charge on any atom is -0.598 e. The number of nitrogens with one attached hydrogen (secondary N) is 1. The van der Waals surface area contributed by atoms with Gasteiger partial charge in [0.1, 0.15) is 5.75 Å². The van der Waals surface area contributed by atoms with Crippen LogP contribution in [0.4, 0.5) is 0 Å². The molecule has 2 nitrogen and oxygen atoms in total. The zero-order valence-electron chi connectivity index (χ0n) is 10.5. The summed E-state index contributed by atoms with van der Waals surface area (Å²) >= 11 is -0.900. The van der Waals surface area contributed by atoms with Gasteiger partial charge in [-0.05, 0) is 23.5 Å². The van der Waals surface area contributed by atoms with E-state index in [1.807, 2.05) is 6.92 Å². The third-order valence-electron chi connectivity index (χ3n) is 2.52. The lowest BCUT2D eigenvalue weighted by Gasteiger charge is -2.19. The standard InChI is InChI=1S/C13H21NOS/c1-5-16(15)14-10-11-6-8-12(9-7-11)13(2,3)4/h6-9,14H,5,10H2,1-4H3.